The fraction of sp³-hybridized carbons (Fsp3) is 0.385. The molecule has 0 fully saturated rings. The fourth-order valence-electron chi connectivity index (χ4n) is 1.46. The van der Waals surface area contributed by atoms with Crippen LogP contribution < -0.4 is 10.5 Å². The van der Waals surface area contributed by atoms with Gasteiger partial charge in [-0.1, -0.05) is 6.07 Å². The van der Waals surface area contributed by atoms with Crippen LogP contribution in [-0.2, 0) is 19.6 Å². The maximum absolute atomic E-state index is 12.0. The molecule has 0 saturated carbocycles. The van der Waals surface area contributed by atoms with Crippen LogP contribution in [-0.4, -0.2) is 32.4 Å². The first-order chi connectivity index (χ1) is 9.63. The predicted molar refractivity (Wildman–Crippen MR) is 76.0 cm³/mol. The van der Waals surface area contributed by atoms with Crippen LogP contribution >= 0.6 is 0 Å². The third kappa shape index (κ3) is 4.83. The minimum absolute atomic E-state index is 0.0229. The average Bonchev–Trinajstić information content (AvgIpc) is 2.37. The summed E-state index contributed by atoms with van der Waals surface area (Å²) in [4.78, 5) is 22.6. The molecule has 1 aromatic carbocycles. The van der Waals surface area contributed by atoms with Crippen molar-refractivity contribution in [3.05, 3.63) is 29.8 Å². The lowest BCUT2D eigenvalue weighted by Crippen LogP contribution is -2.31. The summed E-state index contributed by atoms with van der Waals surface area (Å²) in [5.74, 6) is -1.60. The molecule has 3 N–H and O–H groups in total. The maximum atomic E-state index is 12.0. The number of esters is 1. The van der Waals surface area contributed by atoms with Gasteiger partial charge in [-0.15, -0.1) is 0 Å². The number of benzene rings is 1. The summed E-state index contributed by atoms with van der Waals surface area (Å²) in [7, 11) is -3.71. The lowest BCUT2D eigenvalue weighted by atomic mass is 10.2. The summed E-state index contributed by atoms with van der Waals surface area (Å²) in [6.07, 6.45) is -1.09. The molecule has 1 atom stereocenters. The molecule has 116 valence electrons. The van der Waals surface area contributed by atoms with E-state index in [-0.39, 0.29) is 16.5 Å². The molecule has 0 bridgehead atoms. The van der Waals surface area contributed by atoms with E-state index in [1.54, 1.807) is 13.8 Å². The minimum atomic E-state index is -3.71. The average molecular weight is 314 g/mol. The number of rotatable bonds is 6. The molecule has 0 unspecified atom stereocenters. The summed E-state index contributed by atoms with van der Waals surface area (Å²) in [6.45, 7) is 4.70. The second-order valence-electron chi connectivity index (χ2n) is 4.75. The number of carbonyl (C=O) groups is 2. The van der Waals surface area contributed by atoms with Gasteiger partial charge in [-0.3, -0.25) is 4.79 Å². The van der Waals surface area contributed by atoms with E-state index in [4.69, 9.17) is 10.5 Å². The molecule has 0 saturated heterocycles. The zero-order valence-corrected chi connectivity index (χ0v) is 12.8. The first kappa shape index (κ1) is 17.1. The van der Waals surface area contributed by atoms with E-state index < -0.39 is 28.0 Å². The Hall–Kier alpha value is -1.93. The Kier molecular flexibility index (Phi) is 5.45. The lowest BCUT2D eigenvalue weighted by Gasteiger charge is -2.12. The molecule has 7 nitrogen and oxygen atoms in total. The SMILES string of the molecule is CC(C)NS(=O)(=O)c1cccc(C(=O)O[C@H](C)C(N)=O)c1. The van der Waals surface area contributed by atoms with Gasteiger partial charge in [-0.05, 0) is 39.0 Å². The van der Waals surface area contributed by atoms with Crippen molar-refractivity contribution in [3.63, 3.8) is 0 Å². The van der Waals surface area contributed by atoms with E-state index in [9.17, 15) is 18.0 Å². The molecule has 1 amide bonds. The van der Waals surface area contributed by atoms with Gasteiger partial charge < -0.3 is 10.5 Å². The molecular formula is C13H18N2O5S. The van der Waals surface area contributed by atoms with Gasteiger partial charge in [0.15, 0.2) is 6.10 Å². The molecule has 21 heavy (non-hydrogen) atoms. The fourth-order valence-corrected chi connectivity index (χ4v) is 2.75. The molecule has 0 radical (unpaired) electrons. The number of hydrogen-bond acceptors (Lipinski definition) is 5. The van der Waals surface area contributed by atoms with Crippen molar-refractivity contribution in [2.24, 2.45) is 5.73 Å². The molecular weight excluding hydrogens is 296 g/mol. The lowest BCUT2D eigenvalue weighted by molar-refractivity contribution is -0.125. The summed E-state index contributed by atoms with van der Waals surface area (Å²) in [5.41, 5.74) is 5.02. The van der Waals surface area contributed by atoms with Crippen LogP contribution in [0.4, 0.5) is 0 Å². The maximum Gasteiger partial charge on any atom is 0.338 e. The Balaban J connectivity index is 3.01. The van der Waals surface area contributed by atoms with Crippen LogP contribution in [0.5, 0.6) is 0 Å². The molecule has 0 spiro atoms. The highest BCUT2D eigenvalue weighted by atomic mass is 32.2. The number of sulfonamides is 1. The first-order valence-corrected chi connectivity index (χ1v) is 7.74. The highest BCUT2D eigenvalue weighted by Crippen LogP contribution is 2.13. The van der Waals surface area contributed by atoms with Crippen LogP contribution in [0.1, 0.15) is 31.1 Å². The molecule has 0 aliphatic rings. The van der Waals surface area contributed by atoms with Crippen molar-refractivity contribution < 1.29 is 22.7 Å². The predicted octanol–water partition coefficient (Wildman–Crippen LogP) is 0.404. The number of nitrogens with two attached hydrogens (primary N) is 1. The van der Waals surface area contributed by atoms with Gasteiger partial charge in [0.2, 0.25) is 10.0 Å². The zero-order valence-electron chi connectivity index (χ0n) is 12.0. The van der Waals surface area contributed by atoms with Crippen molar-refractivity contribution in [1.29, 1.82) is 0 Å². The first-order valence-electron chi connectivity index (χ1n) is 6.26. The second-order valence-corrected chi connectivity index (χ2v) is 6.47. The standard InChI is InChI=1S/C13H18N2O5S/c1-8(2)15-21(18,19)11-6-4-5-10(7-11)13(17)20-9(3)12(14)16/h4-9,15H,1-3H3,(H2,14,16)/t9-/m1/s1. The normalized spacial score (nSPS) is 13.0. The van der Waals surface area contributed by atoms with E-state index in [2.05, 4.69) is 4.72 Å². The van der Waals surface area contributed by atoms with Crippen molar-refractivity contribution in [3.8, 4) is 0 Å². The molecule has 0 heterocycles. The number of amides is 1. The van der Waals surface area contributed by atoms with E-state index >= 15 is 0 Å². The molecule has 0 aromatic heterocycles. The molecule has 0 aliphatic carbocycles. The van der Waals surface area contributed by atoms with Crippen molar-refractivity contribution in [1.82, 2.24) is 4.72 Å². The van der Waals surface area contributed by atoms with Gasteiger partial charge in [0.25, 0.3) is 5.91 Å². The van der Waals surface area contributed by atoms with Crippen molar-refractivity contribution in [2.45, 2.75) is 37.8 Å². The number of ether oxygens (including phenoxy) is 1. The van der Waals surface area contributed by atoms with E-state index in [1.807, 2.05) is 0 Å². The van der Waals surface area contributed by atoms with E-state index in [1.165, 1.54) is 31.2 Å². The van der Waals surface area contributed by atoms with Gasteiger partial charge in [0, 0.05) is 6.04 Å². The number of carbonyl (C=O) groups excluding carboxylic acids is 2. The molecule has 0 aliphatic heterocycles. The van der Waals surface area contributed by atoms with Gasteiger partial charge in [-0.25, -0.2) is 17.9 Å². The summed E-state index contributed by atoms with van der Waals surface area (Å²) >= 11 is 0. The second kappa shape index (κ2) is 6.68. The smallest absolute Gasteiger partial charge is 0.338 e. The van der Waals surface area contributed by atoms with Crippen molar-refractivity contribution >= 4 is 21.9 Å². The Morgan fingerprint density at radius 1 is 1.24 bits per heavy atom. The Morgan fingerprint density at radius 2 is 1.86 bits per heavy atom. The van der Waals surface area contributed by atoms with Gasteiger partial charge in [0.05, 0.1) is 10.5 Å². The Labute approximate surface area is 123 Å². The number of primary amides is 1. The Morgan fingerprint density at radius 3 is 2.38 bits per heavy atom. The molecule has 1 aromatic rings. The van der Waals surface area contributed by atoms with Crippen molar-refractivity contribution in [2.75, 3.05) is 0 Å². The van der Waals surface area contributed by atoms with Gasteiger partial charge in [0.1, 0.15) is 0 Å². The number of nitrogens with one attached hydrogen (secondary N) is 1. The number of hydrogen-bond donors (Lipinski definition) is 2. The third-order valence-corrected chi connectivity index (χ3v) is 4.11. The summed E-state index contributed by atoms with van der Waals surface area (Å²) in [6, 6.07) is 5.07. The van der Waals surface area contributed by atoms with Gasteiger partial charge >= 0.3 is 5.97 Å². The van der Waals surface area contributed by atoms with Crippen LogP contribution in [0.3, 0.4) is 0 Å². The molecule has 1 rings (SSSR count). The summed E-state index contributed by atoms with van der Waals surface area (Å²) < 4.78 is 31.2. The quantitative estimate of drug-likeness (QED) is 0.738. The molecule has 8 heteroatoms. The van der Waals surface area contributed by atoms with E-state index in [0.717, 1.165) is 0 Å². The minimum Gasteiger partial charge on any atom is -0.449 e. The largest absolute Gasteiger partial charge is 0.449 e. The highest BCUT2D eigenvalue weighted by Gasteiger charge is 2.20. The van der Waals surface area contributed by atoms with Crippen LogP contribution in [0.2, 0.25) is 0 Å². The van der Waals surface area contributed by atoms with Crippen LogP contribution in [0.25, 0.3) is 0 Å². The van der Waals surface area contributed by atoms with Crippen LogP contribution in [0, 0.1) is 0 Å². The van der Waals surface area contributed by atoms with Crippen LogP contribution in [0.15, 0.2) is 29.2 Å². The topological polar surface area (TPSA) is 116 Å². The highest BCUT2D eigenvalue weighted by molar-refractivity contribution is 7.89. The zero-order chi connectivity index (χ0) is 16.2. The van der Waals surface area contributed by atoms with E-state index in [0.29, 0.717) is 0 Å². The monoisotopic (exact) mass is 314 g/mol. The van der Waals surface area contributed by atoms with Gasteiger partial charge in [-0.2, -0.15) is 0 Å². The third-order valence-electron chi connectivity index (χ3n) is 2.46. The Bertz CT molecular complexity index is 640. The summed E-state index contributed by atoms with van der Waals surface area (Å²) in [5, 5.41) is 0.